The highest BCUT2D eigenvalue weighted by Crippen LogP contribution is 2.54. The topological polar surface area (TPSA) is 54.3 Å². The number of carbonyl (C=O) groups is 2. The van der Waals surface area contributed by atoms with E-state index in [1.54, 1.807) is 45.9 Å². The van der Waals surface area contributed by atoms with Crippen LogP contribution in [0.25, 0.3) is 0 Å². The van der Waals surface area contributed by atoms with Gasteiger partial charge in [-0.2, -0.15) is 0 Å². The van der Waals surface area contributed by atoms with E-state index in [9.17, 15) is 14.0 Å². The highest BCUT2D eigenvalue weighted by Gasteiger charge is 2.56. The predicted octanol–water partition coefficient (Wildman–Crippen LogP) is 2.29. The molecular formula is C17H16FN3O2S. The predicted molar refractivity (Wildman–Crippen MR) is 89.2 cm³/mol. The van der Waals surface area contributed by atoms with Gasteiger partial charge in [0.2, 0.25) is 5.91 Å². The standard InChI is InChI=1S/C17H16FN3O2S/c18-13-5-3-12(4-6-13)17-8-7-15(22)21(17)14(11-24-17)16(23)19-20-9-1-2-10-20/h1-6,9-10,14H,7-8,11H2,(H,19,23)/t14-,17-/m1/s1. The van der Waals surface area contributed by atoms with E-state index < -0.39 is 10.9 Å². The zero-order valence-electron chi connectivity index (χ0n) is 12.8. The zero-order chi connectivity index (χ0) is 16.7. The Balaban J connectivity index is 1.64. The number of hydrogen-bond acceptors (Lipinski definition) is 3. The van der Waals surface area contributed by atoms with Crippen LogP contribution in [-0.4, -0.2) is 33.2 Å². The SMILES string of the molecule is O=C(Nn1cccc1)[C@H]1CS[C@@]2(c3ccc(F)cc3)CCC(=O)N12. The molecule has 2 aromatic rings. The molecule has 1 aromatic heterocycles. The average Bonchev–Trinajstić information content (AvgIpc) is 3.27. The lowest BCUT2D eigenvalue weighted by atomic mass is 10.0. The van der Waals surface area contributed by atoms with E-state index in [-0.39, 0.29) is 17.6 Å². The Morgan fingerprint density at radius 1 is 1.25 bits per heavy atom. The lowest BCUT2D eigenvalue weighted by Gasteiger charge is -2.34. The minimum atomic E-state index is -0.566. The minimum absolute atomic E-state index is 0.0306. The second-order valence-corrected chi connectivity index (χ2v) is 7.25. The van der Waals surface area contributed by atoms with Gasteiger partial charge in [0.1, 0.15) is 16.7 Å². The van der Waals surface area contributed by atoms with Gasteiger partial charge in [-0.05, 0) is 36.2 Å². The van der Waals surface area contributed by atoms with Gasteiger partial charge in [0.15, 0.2) is 0 Å². The number of amides is 2. The van der Waals surface area contributed by atoms with Gasteiger partial charge in [0.05, 0.1) is 0 Å². The van der Waals surface area contributed by atoms with Gasteiger partial charge in [0.25, 0.3) is 5.91 Å². The van der Waals surface area contributed by atoms with E-state index in [0.717, 1.165) is 5.56 Å². The van der Waals surface area contributed by atoms with Gasteiger partial charge >= 0.3 is 0 Å². The van der Waals surface area contributed by atoms with Crippen LogP contribution in [0.15, 0.2) is 48.8 Å². The summed E-state index contributed by atoms with van der Waals surface area (Å²) in [5.74, 6) is -0.0261. The number of halogens is 1. The molecule has 0 radical (unpaired) electrons. The Labute approximate surface area is 142 Å². The fourth-order valence-electron chi connectivity index (χ4n) is 3.46. The Bertz CT molecular complexity index is 778. The van der Waals surface area contributed by atoms with Crippen molar-refractivity contribution in [2.45, 2.75) is 23.8 Å². The Kier molecular flexibility index (Phi) is 3.60. The summed E-state index contributed by atoms with van der Waals surface area (Å²) in [6, 6.07) is 9.32. The maximum absolute atomic E-state index is 13.3. The molecule has 4 rings (SSSR count). The average molecular weight is 345 g/mol. The first-order chi connectivity index (χ1) is 11.6. The summed E-state index contributed by atoms with van der Waals surface area (Å²) in [7, 11) is 0. The molecule has 0 saturated carbocycles. The van der Waals surface area contributed by atoms with Crippen LogP contribution in [0.2, 0.25) is 0 Å². The summed E-state index contributed by atoms with van der Waals surface area (Å²) in [6.45, 7) is 0. The molecular weight excluding hydrogens is 329 g/mol. The first-order valence-corrected chi connectivity index (χ1v) is 8.75. The third-order valence-electron chi connectivity index (χ3n) is 4.57. The molecule has 0 bridgehead atoms. The fourth-order valence-corrected chi connectivity index (χ4v) is 5.11. The van der Waals surface area contributed by atoms with Crippen molar-refractivity contribution in [2.75, 3.05) is 11.2 Å². The minimum Gasteiger partial charge on any atom is -0.311 e. The molecule has 1 aromatic carbocycles. The molecule has 24 heavy (non-hydrogen) atoms. The molecule has 2 amide bonds. The van der Waals surface area contributed by atoms with Gasteiger partial charge in [-0.3, -0.25) is 19.7 Å². The summed E-state index contributed by atoms with van der Waals surface area (Å²) < 4.78 is 14.8. The van der Waals surface area contributed by atoms with Gasteiger partial charge in [-0.1, -0.05) is 12.1 Å². The lowest BCUT2D eigenvalue weighted by Crippen LogP contribution is -2.49. The van der Waals surface area contributed by atoms with Gasteiger partial charge in [0, 0.05) is 24.6 Å². The maximum Gasteiger partial charge on any atom is 0.262 e. The van der Waals surface area contributed by atoms with Crippen molar-refractivity contribution in [3.63, 3.8) is 0 Å². The molecule has 2 atom stereocenters. The van der Waals surface area contributed by atoms with Crippen LogP contribution in [-0.2, 0) is 14.5 Å². The zero-order valence-corrected chi connectivity index (χ0v) is 13.6. The summed E-state index contributed by atoms with van der Waals surface area (Å²) in [5.41, 5.74) is 3.66. The number of nitrogens with zero attached hydrogens (tertiary/aromatic N) is 2. The number of benzene rings is 1. The number of rotatable bonds is 3. The quantitative estimate of drug-likeness (QED) is 0.929. The number of thioether (sulfide) groups is 1. The van der Waals surface area contributed by atoms with E-state index in [0.29, 0.717) is 18.6 Å². The van der Waals surface area contributed by atoms with Gasteiger partial charge < -0.3 is 4.90 Å². The van der Waals surface area contributed by atoms with Crippen LogP contribution in [0.4, 0.5) is 4.39 Å². The van der Waals surface area contributed by atoms with Gasteiger partial charge in [-0.25, -0.2) is 4.39 Å². The molecule has 2 aliphatic heterocycles. The molecule has 124 valence electrons. The molecule has 3 heterocycles. The van der Waals surface area contributed by atoms with Crippen molar-refractivity contribution < 1.29 is 14.0 Å². The summed E-state index contributed by atoms with van der Waals surface area (Å²) in [4.78, 5) is 26.2. The first kappa shape index (κ1) is 15.3. The monoisotopic (exact) mass is 345 g/mol. The first-order valence-electron chi connectivity index (χ1n) is 7.76. The fraction of sp³-hybridized carbons (Fsp3) is 0.294. The van der Waals surface area contributed by atoms with Crippen molar-refractivity contribution in [1.82, 2.24) is 9.58 Å². The van der Waals surface area contributed by atoms with Crippen LogP contribution in [0.1, 0.15) is 18.4 Å². The van der Waals surface area contributed by atoms with Crippen molar-refractivity contribution in [1.29, 1.82) is 0 Å². The molecule has 0 aliphatic carbocycles. The van der Waals surface area contributed by atoms with E-state index >= 15 is 0 Å². The van der Waals surface area contributed by atoms with E-state index in [1.165, 1.54) is 12.1 Å². The third-order valence-corrected chi connectivity index (χ3v) is 6.17. The number of hydrogen-bond donors (Lipinski definition) is 1. The van der Waals surface area contributed by atoms with Crippen LogP contribution in [0.3, 0.4) is 0 Å². The van der Waals surface area contributed by atoms with Crippen molar-refractivity contribution >= 4 is 23.6 Å². The Hall–Kier alpha value is -2.28. The largest absolute Gasteiger partial charge is 0.311 e. The number of nitrogens with one attached hydrogen (secondary N) is 1. The van der Waals surface area contributed by atoms with Crippen molar-refractivity contribution in [2.24, 2.45) is 0 Å². The molecule has 5 nitrogen and oxygen atoms in total. The second kappa shape index (κ2) is 5.66. The molecule has 7 heteroatoms. The molecule has 0 unspecified atom stereocenters. The summed E-state index contributed by atoms with van der Waals surface area (Å²) >= 11 is 1.58. The Morgan fingerprint density at radius 2 is 1.96 bits per heavy atom. The number of carbonyl (C=O) groups excluding carboxylic acids is 2. The highest BCUT2D eigenvalue weighted by atomic mass is 32.2. The number of aromatic nitrogens is 1. The van der Waals surface area contributed by atoms with Crippen molar-refractivity contribution in [3.8, 4) is 0 Å². The molecule has 1 N–H and O–H groups in total. The van der Waals surface area contributed by atoms with Gasteiger partial charge in [-0.15, -0.1) is 11.8 Å². The van der Waals surface area contributed by atoms with Crippen LogP contribution in [0, 0.1) is 5.82 Å². The second-order valence-electron chi connectivity index (χ2n) is 5.95. The van der Waals surface area contributed by atoms with Crippen LogP contribution >= 0.6 is 11.8 Å². The smallest absolute Gasteiger partial charge is 0.262 e. The molecule has 2 aliphatic rings. The summed E-state index contributed by atoms with van der Waals surface area (Å²) in [6.07, 6.45) is 4.51. The normalized spacial score (nSPS) is 25.8. The van der Waals surface area contributed by atoms with E-state index in [4.69, 9.17) is 0 Å². The van der Waals surface area contributed by atoms with E-state index in [1.807, 2.05) is 12.1 Å². The maximum atomic E-state index is 13.3. The molecule has 2 saturated heterocycles. The van der Waals surface area contributed by atoms with E-state index in [2.05, 4.69) is 5.43 Å². The lowest BCUT2D eigenvalue weighted by molar-refractivity contribution is -0.136. The molecule has 2 fully saturated rings. The van der Waals surface area contributed by atoms with Crippen LogP contribution in [0.5, 0.6) is 0 Å². The number of fused-ring (bicyclic) bond motifs is 1. The van der Waals surface area contributed by atoms with Crippen LogP contribution < -0.4 is 5.43 Å². The summed E-state index contributed by atoms with van der Waals surface area (Å²) in [5, 5.41) is 0. The highest BCUT2D eigenvalue weighted by molar-refractivity contribution is 8.00. The third kappa shape index (κ3) is 2.31. The van der Waals surface area contributed by atoms with Crippen molar-refractivity contribution in [3.05, 3.63) is 60.2 Å². The molecule has 0 spiro atoms. The Morgan fingerprint density at radius 3 is 2.67 bits per heavy atom.